The summed E-state index contributed by atoms with van der Waals surface area (Å²) >= 11 is 3.29. The molecule has 160 valence electrons. The van der Waals surface area contributed by atoms with Gasteiger partial charge in [-0.2, -0.15) is 11.8 Å². The summed E-state index contributed by atoms with van der Waals surface area (Å²) in [5.74, 6) is 1.12. The molecule has 0 aliphatic heterocycles. The van der Waals surface area contributed by atoms with Crippen molar-refractivity contribution in [2.75, 3.05) is 12.3 Å². The van der Waals surface area contributed by atoms with Crippen LogP contribution >= 0.6 is 23.1 Å². The zero-order valence-electron chi connectivity index (χ0n) is 17.7. The van der Waals surface area contributed by atoms with Gasteiger partial charge in [0, 0.05) is 28.5 Å². The summed E-state index contributed by atoms with van der Waals surface area (Å²) < 4.78 is 0. The first-order valence-electron chi connectivity index (χ1n) is 10.1. The number of rotatable bonds is 9. The van der Waals surface area contributed by atoms with Crippen molar-refractivity contribution < 1.29 is 9.59 Å². The number of thiophene rings is 1. The molecule has 0 spiro atoms. The first kappa shape index (κ1) is 22.8. The van der Waals surface area contributed by atoms with Gasteiger partial charge in [0.1, 0.15) is 5.70 Å². The molecule has 2 N–H and O–H groups in total. The van der Waals surface area contributed by atoms with E-state index in [-0.39, 0.29) is 17.5 Å². The maximum Gasteiger partial charge on any atom is 0.267 e. The Kier molecular flexibility index (Phi) is 8.50. The fourth-order valence-electron chi connectivity index (χ4n) is 2.94. The number of nitrogens with one attached hydrogen (secondary N) is 2. The molecule has 0 aliphatic carbocycles. The largest absolute Gasteiger partial charge is 0.350 e. The topological polar surface area (TPSA) is 58.2 Å². The molecule has 3 aromatic rings. The van der Waals surface area contributed by atoms with Crippen molar-refractivity contribution in [2.24, 2.45) is 0 Å². The number of benzene rings is 2. The lowest BCUT2D eigenvalue weighted by atomic mass is 10.1. The maximum atomic E-state index is 12.8. The molecular weight excluding hydrogens is 424 g/mol. The summed E-state index contributed by atoms with van der Waals surface area (Å²) in [6.07, 6.45) is 1.72. The van der Waals surface area contributed by atoms with Crippen LogP contribution in [0.25, 0.3) is 6.08 Å². The van der Waals surface area contributed by atoms with E-state index in [2.05, 4.69) is 29.7 Å². The van der Waals surface area contributed by atoms with Gasteiger partial charge in [0.05, 0.1) is 0 Å². The third-order valence-corrected chi connectivity index (χ3v) is 6.48. The molecule has 31 heavy (non-hydrogen) atoms. The van der Waals surface area contributed by atoms with Gasteiger partial charge >= 0.3 is 0 Å². The lowest BCUT2D eigenvalue weighted by Crippen LogP contribution is -2.35. The van der Waals surface area contributed by atoms with E-state index in [1.54, 1.807) is 30.0 Å². The second-order valence-corrected chi connectivity index (χ2v) is 9.22. The predicted molar refractivity (Wildman–Crippen MR) is 131 cm³/mol. The third-order valence-electron chi connectivity index (χ3n) is 4.65. The minimum Gasteiger partial charge on any atom is -0.350 e. The Balaban J connectivity index is 1.58. The van der Waals surface area contributed by atoms with Crippen molar-refractivity contribution in [3.8, 4) is 0 Å². The Morgan fingerprint density at radius 1 is 1.03 bits per heavy atom. The Bertz CT molecular complexity index is 1060. The predicted octanol–water partition coefficient (Wildman–Crippen LogP) is 5.19. The third kappa shape index (κ3) is 7.12. The van der Waals surface area contributed by atoms with Crippen LogP contribution in [-0.4, -0.2) is 24.1 Å². The van der Waals surface area contributed by atoms with Crippen LogP contribution in [0.1, 0.15) is 31.9 Å². The molecule has 2 amide bonds. The molecule has 0 bridgehead atoms. The monoisotopic (exact) mass is 450 g/mol. The van der Waals surface area contributed by atoms with Gasteiger partial charge in [-0.15, -0.1) is 11.3 Å². The fourth-order valence-corrected chi connectivity index (χ4v) is 4.53. The van der Waals surface area contributed by atoms with E-state index in [0.717, 1.165) is 21.9 Å². The summed E-state index contributed by atoms with van der Waals surface area (Å²) in [5.41, 5.74) is 4.35. The van der Waals surface area contributed by atoms with Crippen LogP contribution in [0.4, 0.5) is 0 Å². The number of thioether (sulfide) groups is 1. The van der Waals surface area contributed by atoms with Crippen molar-refractivity contribution in [3.05, 3.63) is 98.9 Å². The highest BCUT2D eigenvalue weighted by Gasteiger charge is 2.15. The highest BCUT2D eigenvalue weighted by molar-refractivity contribution is 7.98. The van der Waals surface area contributed by atoms with Gasteiger partial charge in [-0.05, 0) is 54.6 Å². The van der Waals surface area contributed by atoms with Crippen LogP contribution in [0.2, 0.25) is 0 Å². The molecule has 4 nitrogen and oxygen atoms in total. The molecule has 0 radical (unpaired) electrons. The van der Waals surface area contributed by atoms with Gasteiger partial charge in [-0.1, -0.05) is 48.0 Å². The highest BCUT2D eigenvalue weighted by atomic mass is 32.2. The average molecular weight is 451 g/mol. The van der Waals surface area contributed by atoms with Crippen LogP contribution < -0.4 is 10.6 Å². The SMILES string of the molecule is Cc1cccc(C(=O)N/C(=C\c2cccs2)C(=O)NCCSCc2ccccc2C)c1. The Morgan fingerprint density at radius 3 is 2.61 bits per heavy atom. The molecular formula is C25H26N2O2S2. The highest BCUT2D eigenvalue weighted by Crippen LogP contribution is 2.16. The first-order chi connectivity index (χ1) is 15.0. The Hall–Kier alpha value is -2.83. The molecule has 3 rings (SSSR count). The maximum absolute atomic E-state index is 12.8. The Morgan fingerprint density at radius 2 is 1.87 bits per heavy atom. The molecule has 0 atom stereocenters. The van der Waals surface area contributed by atoms with Gasteiger partial charge in [0.15, 0.2) is 0 Å². The summed E-state index contributed by atoms with van der Waals surface area (Å²) in [6.45, 7) is 4.56. The Labute approximate surface area is 191 Å². The van der Waals surface area contributed by atoms with E-state index in [4.69, 9.17) is 0 Å². The summed E-state index contributed by atoms with van der Waals surface area (Å²) in [6, 6.07) is 19.5. The molecule has 0 saturated heterocycles. The van der Waals surface area contributed by atoms with E-state index in [1.807, 2.05) is 48.7 Å². The number of carbonyl (C=O) groups excluding carboxylic acids is 2. The number of hydrogen-bond donors (Lipinski definition) is 2. The molecule has 6 heteroatoms. The summed E-state index contributed by atoms with van der Waals surface area (Å²) in [7, 11) is 0. The average Bonchev–Trinajstić information content (AvgIpc) is 3.27. The number of aryl methyl sites for hydroxylation is 2. The minimum absolute atomic E-state index is 0.248. The van der Waals surface area contributed by atoms with Gasteiger partial charge in [0.25, 0.3) is 11.8 Å². The van der Waals surface area contributed by atoms with E-state index < -0.39 is 0 Å². The standard InChI is InChI=1S/C25H26N2O2S2/c1-18-7-5-10-20(15-18)24(28)27-23(16-22-11-6-13-31-22)25(29)26-12-14-30-17-21-9-4-3-8-19(21)2/h3-11,13,15-16H,12,14,17H2,1-2H3,(H,26,29)(H,27,28)/b23-16-. The minimum atomic E-state index is -0.296. The number of hydrogen-bond acceptors (Lipinski definition) is 4. The van der Waals surface area contributed by atoms with Crippen molar-refractivity contribution in [1.29, 1.82) is 0 Å². The van der Waals surface area contributed by atoms with Gasteiger partial charge in [-0.25, -0.2) is 0 Å². The van der Waals surface area contributed by atoms with E-state index in [0.29, 0.717) is 12.1 Å². The smallest absolute Gasteiger partial charge is 0.267 e. The van der Waals surface area contributed by atoms with Gasteiger partial charge in [0.2, 0.25) is 0 Å². The summed E-state index contributed by atoms with van der Waals surface area (Å²) in [5, 5.41) is 7.65. The zero-order valence-corrected chi connectivity index (χ0v) is 19.3. The van der Waals surface area contributed by atoms with Crippen LogP contribution in [0.15, 0.2) is 71.7 Å². The van der Waals surface area contributed by atoms with Gasteiger partial charge < -0.3 is 10.6 Å². The van der Waals surface area contributed by atoms with Crippen LogP contribution in [0.3, 0.4) is 0 Å². The lowest BCUT2D eigenvalue weighted by molar-refractivity contribution is -0.117. The van der Waals surface area contributed by atoms with Crippen molar-refractivity contribution >= 4 is 41.0 Å². The zero-order chi connectivity index (χ0) is 22.1. The molecule has 1 heterocycles. The second-order valence-electron chi connectivity index (χ2n) is 7.13. The van der Waals surface area contributed by atoms with E-state index in [1.165, 1.54) is 22.5 Å². The van der Waals surface area contributed by atoms with E-state index >= 15 is 0 Å². The molecule has 0 fully saturated rings. The number of amides is 2. The normalized spacial score (nSPS) is 11.2. The van der Waals surface area contributed by atoms with Crippen molar-refractivity contribution in [3.63, 3.8) is 0 Å². The lowest BCUT2D eigenvalue weighted by Gasteiger charge is -2.11. The second kappa shape index (κ2) is 11.5. The van der Waals surface area contributed by atoms with Gasteiger partial charge in [-0.3, -0.25) is 9.59 Å². The van der Waals surface area contributed by atoms with Crippen LogP contribution in [0.5, 0.6) is 0 Å². The number of carbonyl (C=O) groups is 2. The molecule has 0 unspecified atom stereocenters. The molecule has 2 aromatic carbocycles. The van der Waals surface area contributed by atoms with E-state index in [9.17, 15) is 9.59 Å². The van der Waals surface area contributed by atoms with Crippen molar-refractivity contribution in [2.45, 2.75) is 19.6 Å². The molecule has 0 saturated carbocycles. The fraction of sp³-hybridized carbons (Fsp3) is 0.200. The first-order valence-corrected chi connectivity index (χ1v) is 12.1. The molecule has 0 aliphatic rings. The quantitative estimate of drug-likeness (QED) is 0.349. The summed E-state index contributed by atoms with van der Waals surface area (Å²) in [4.78, 5) is 26.4. The van der Waals surface area contributed by atoms with Crippen LogP contribution in [-0.2, 0) is 10.5 Å². The van der Waals surface area contributed by atoms with Crippen LogP contribution in [0, 0.1) is 13.8 Å². The molecule has 1 aromatic heterocycles. The van der Waals surface area contributed by atoms with Crippen molar-refractivity contribution in [1.82, 2.24) is 10.6 Å².